The summed E-state index contributed by atoms with van der Waals surface area (Å²) in [5.41, 5.74) is 0.947. The topological polar surface area (TPSA) is 25.7 Å². The third-order valence-corrected chi connectivity index (χ3v) is 2.10. The normalized spacial score (nSPS) is 21.5. The number of benzene rings is 1. The number of rotatable bonds is 1. The molecule has 2 heterocycles. The van der Waals surface area contributed by atoms with E-state index < -0.39 is 0 Å². The van der Waals surface area contributed by atoms with Crippen molar-refractivity contribution in [1.82, 2.24) is 0 Å². The molecule has 3 rings (SSSR count). The number of epoxide rings is 1. The summed E-state index contributed by atoms with van der Waals surface area (Å²) in [6, 6.07) is 10.1. The Kier molecular flexibility index (Phi) is 1.10. The van der Waals surface area contributed by atoms with Crippen LogP contribution in [0, 0.1) is 0 Å². The number of hydrogen-bond acceptors (Lipinski definition) is 2. The monoisotopic (exact) mass is 160 g/mol. The van der Waals surface area contributed by atoms with Crippen LogP contribution in [-0.2, 0) is 4.74 Å². The van der Waals surface area contributed by atoms with Crippen LogP contribution in [0.1, 0.15) is 11.9 Å². The van der Waals surface area contributed by atoms with Gasteiger partial charge in [0.1, 0.15) is 17.4 Å². The maximum atomic E-state index is 5.57. The first-order valence-electron chi connectivity index (χ1n) is 4.03. The van der Waals surface area contributed by atoms with E-state index in [0.29, 0.717) is 0 Å². The summed E-state index contributed by atoms with van der Waals surface area (Å²) in [6.45, 7) is 0.805. The molecule has 1 fully saturated rings. The van der Waals surface area contributed by atoms with E-state index in [1.54, 1.807) is 0 Å². The maximum absolute atomic E-state index is 5.57. The first-order chi connectivity index (χ1) is 5.93. The van der Waals surface area contributed by atoms with E-state index in [2.05, 4.69) is 0 Å². The van der Waals surface area contributed by atoms with E-state index in [1.807, 2.05) is 30.3 Å². The number of fused-ring (bicyclic) bond motifs is 1. The predicted octanol–water partition coefficient (Wildman–Crippen LogP) is 2.50. The smallest absolute Gasteiger partial charge is 0.139 e. The van der Waals surface area contributed by atoms with Crippen LogP contribution in [0.15, 0.2) is 34.7 Å². The van der Waals surface area contributed by atoms with Crippen LogP contribution < -0.4 is 0 Å². The molecule has 0 N–H and O–H groups in total. The molecule has 1 aliphatic rings. The second kappa shape index (κ2) is 2.11. The Bertz CT molecular complexity index is 379. The molecule has 2 heteroatoms. The molecule has 2 aromatic rings. The van der Waals surface area contributed by atoms with Crippen molar-refractivity contribution in [2.45, 2.75) is 6.10 Å². The zero-order valence-corrected chi connectivity index (χ0v) is 6.49. The largest absolute Gasteiger partial charge is 0.458 e. The Hall–Kier alpha value is -1.28. The lowest BCUT2D eigenvalue weighted by molar-refractivity contribution is 0.378. The summed E-state index contributed by atoms with van der Waals surface area (Å²) < 4.78 is 10.7. The van der Waals surface area contributed by atoms with Crippen LogP contribution >= 0.6 is 0 Å². The minimum absolute atomic E-state index is 0.220. The van der Waals surface area contributed by atoms with E-state index in [4.69, 9.17) is 9.15 Å². The van der Waals surface area contributed by atoms with Crippen molar-refractivity contribution in [2.75, 3.05) is 6.61 Å². The molecule has 1 saturated heterocycles. The summed E-state index contributed by atoms with van der Waals surface area (Å²) in [7, 11) is 0. The average Bonchev–Trinajstić information content (AvgIpc) is 2.85. The van der Waals surface area contributed by atoms with E-state index in [-0.39, 0.29) is 6.10 Å². The Morgan fingerprint density at radius 3 is 2.83 bits per heavy atom. The van der Waals surface area contributed by atoms with E-state index in [0.717, 1.165) is 23.3 Å². The van der Waals surface area contributed by atoms with Gasteiger partial charge in [0.05, 0.1) is 6.61 Å². The molecule has 2 nitrogen and oxygen atoms in total. The lowest BCUT2D eigenvalue weighted by Gasteiger charge is -1.83. The van der Waals surface area contributed by atoms with Crippen molar-refractivity contribution in [1.29, 1.82) is 0 Å². The molecule has 12 heavy (non-hydrogen) atoms. The Labute approximate surface area is 69.7 Å². The van der Waals surface area contributed by atoms with Gasteiger partial charge in [-0.05, 0) is 12.1 Å². The Morgan fingerprint density at radius 1 is 1.25 bits per heavy atom. The average molecular weight is 160 g/mol. The predicted molar refractivity (Wildman–Crippen MR) is 44.9 cm³/mol. The lowest BCUT2D eigenvalue weighted by Crippen LogP contribution is -1.69. The van der Waals surface area contributed by atoms with Crippen LogP contribution in [-0.4, -0.2) is 6.61 Å². The van der Waals surface area contributed by atoms with Crippen molar-refractivity contribution in [3.05, 3.63) is 36.1 Å². The minimum atomic E-state index is 0.220. The molecule has 0 unspecified atom stereocenters. The van der Waals surface area contributed by atoms with Gasteiger partial charge >= 0.3 is 0 Å². The van der Waals surface area contributed by atoms with Crippen LogP contribution in [0.3, 0.4) is 0 Å². The molecule has 0 amide bonds. The zero-order chi connectivity index (χ0) is 7.97. The van der Waals surface area contributed by atoms with Gasteiger partial charge in [0, 0.05) is 5.39 Å². The molecule has 0 bridgehead atoms. The van der Waals surface area contributed by atoms with Crippen molar-refractivity contribution >= 4 is 11.0 Å². The van der Waals surface area contributed by atoms with Gasteiger partial charge in [-0.15, -0.1) is 0 Å². The van der Waals surface area contributed by atoms with Crippen molar-refractivity contribution < 1.29 is 9.15 Å². The molecule has 1 atom stereocenters. The molecule has 60 valence electrons. The summed E-state index contributed by atoms with van der Waals surface area (Å²) in [4.78, 5) is 0. The number of hydrogen-bond donors (Lipinski definition) is 0. The minimum Gasteiger partial charge on any atom is -0.458 e. The van der Waals surface area contributed by atoms with Gasteiger partial charge in [0.15, 0.2) is 0 Å². The van der Waals surface area contributed by atoms with E-state index in [9.17, 15) is 0 Å². The van der Waals surface area contributed by atoms with Gasteiger partial charge in [0.2, 0.25) is 0 Å². The number of para-hydroxylation sites is 1. The van der Waals surface area contributed by atoms with Gasteiger partial charge in [-0.3, -0.25) is 0 Å². The third kappa shape index (κ3) is 0.850. The molecule has 1 aliphatic heterocycles. The highest BCUT2D eigenvalue weighted by Gasteiger charge is 2.28. The standard InChI is InChI=1S/C10H8O2/c1-2-4-8-7(3-1)5-9(12-8)10-6-11-10/h1-5,10H,6H2/t10-/m1/s1. The summed E-state index contributed by atoms with van der Waals surface area (Å²) in [5, 5.41) is 1.16. The fourth-order valence-electron chi connectivity index (χ4n) is 1.37. The van der Waals surface area contributed by atoms with Crippen LogP contribution in [0.4, 0.5) is 0 Å². The zero-order valence-electron chi connectivity index (χ0n) is 6.49. The number of ether oxygens (including phenoxy) is 1. The second-order valence-corrected chi connectivity index (χ2v) is 3.01. The van der Waals surface area contributed by atoms with Crippen molar-refractivity contribution in [3.63, 3.8) is 0 Å². The maximum Gasteiger partial charge on any atom is 0.139 e. The fourth-order valence-corrected chi connectivity index (χ4v) is 1.37. The third-order valence-electron chi connectivity index (χ3n) is 2.10. The summed E-state index contributed by atoms with van der Waals surface area (Å²) in [5.74, 6) is 0.955. The highest BCUT2D eigenvalue weighted by atomic mass is 16.6. The van der Waals surface area contributed by atoms with Gasteiger partial charge in [-0.2, -0.15) is 0 Å². The fraction of sp³-hybridized carbons (Fsp3) is 0.200. The second-order valence-electron chi connectivity index (χ2n) is 3.01. The quantitative estimate of drug-likeness (QED) is 0.599. The van der Waals surface area contributed by atoms with Crippen molar-refractivity contribution in [3.8, 4) is 0 Å². The summed E-state index contributed by atoms with van der Waals surface area (Å²) in [6.07, 6.45) is 0.220. The Morgan fingerprint density at radius 2 is 2.08 bits per heavy atom. The van der Waals surface area contributed by atoms with Gasteiger partial charge in [0.25, 0.3) is 0 Å². The number of furan rings is 1. The van der Waals surface area contributed by atoms with Crippen LogP contribution in [0.5, 0.6) is 0 Å². The molecule has 0 radical (unpaired) electrons. The molecule has 1 aromatic heterocycles. The van der Waals surface area contributed by atoms with Gasteiger partial charge in [-0.1, -0.05) is 18.2 Å². The van der Waals surface area contributed by atoms with E-state index in [1.165, 1.54) is 0 Å². The molecule has 0 saturated carbocycles. The summed E-state index contributed by atoms with van der Waals surface area (Å²) >= 11 is 0. The lowest BCUT2D eigenvalue weighted by atomic mass is 10.2. The Balaban J connectivity index is 2.23. The molecule has 1 aromatic carbocycles. The SMILES string of the molecule is c1ccc2oc([C@H]3CO3)cc2c1. The molecular weight excluding hydrogens is 152 g/mol. The van der Waals surface area contributed by atoms with Crippen LogP contribution in [0.25, 0.3) is 11.0 Å². The first kappa shape index (κ1) is 6.26. The molecule has 0 spiro atoms. The van der Waals surface area contributed by atoms with E-state index >= 15 is 0 Å². The van der Waals surface area contributed by atoms with Crippen molar-refractivity contribution in [2.24, 2.45) is 0 Å². The van der Waals surface area contributed by atoms with Gasteiger partial charge < -0.3 is 9.15 Å². The highest BCUT2D eigenvalue weighted by Crippen LogP contribution is 2.33. The highest BCUT2D eigenvalue weighted by molar-refractivity contribution is 5.77. The van der Waals surface area contributed by atoms with Gasteiger partial charge in [-0.25, -0.2) is 0 Å². The first-order valence-corrected chi connectivity index (χ1v) is 4.03. The molecular formula is C10H8O2. The molecule has 0 aliphatic carbocycles. The van der Waals surface area contributed by atoms with Crippen LogP contribution in [0.2, 0.25) is 0 Å².